The molecule has 0 bridgehead atoms. The Hall–Kier alpha value is -1.63. The molecule has 0 aromatic carbocycles. The van der Waals surface area contributed by atoms with E-state index in [4.69, 9.17) is 0 Å². The van der Waals surface area contributed by atoms with Crippen molar-refractivity contribution in [1.29, 1.82) is 0 Å². The van der Waals surface area contributed by atoms with Gasteiger partial charge in [-0.3, -0.25) is 9.48 Å². The van der Waals surface area contributed by atoms with E-state index in [1.165, 1.54) is 0 Å². The van der Waals surface area contributed by atoms with E-state index in [1.54, 1.807) is 17.9 Å². The van der Waals surface area contributed by atoms with Crippen LogP contribution in [0.4, 0.5) is 0 Å². The summed E-state index contributed by atoms with van der Waals surface area (Å²) < 4.78 is 1.69. The van der Waals surface area contributed by atoms with E-state index in [2.05, 4.69) is 31.0 Å². The minimum atomic E-state index is -0.425. The Morgan fingerprint density at radius 1 is 1.56 bits per heavy atom. The number of aromatic nitrogens is 4. The zero-order valence-electron chi connectivity index (χ0n) is 8.65. The first-order valence-electron chi connectivity index (χ1n) is 4.48. The lowest BCUT2D eigenvalue weighted by molar-refractivity contribution is 0.448. The molecule has 0 aliphatic carbocycles. The van der Waals surface area contributed by atoms with Crippen molar-refractivity contribution in [1.82, 2.24) is 19.7 Å². The molecule has 2 N–H and O–H groups in total. The van der Waals surface area contributed by atoms with Crippen molar-refractivity contribution in [3.05, 3.63) is 26.7 Å². The SMILES string of the molecule is Cc1c(-c2nc(O)c(Br)c(=O)[nH]2)cnn1C. The second kappa shape index (κ2) is 3.75. The maximum Gasteiger partial charge on any atom is 0.269 e. The third kappa shape index (κ3) is 1.63. The fourth-order valence-corrected chi connectivity index (χ4v) is 1.49. The molecule has 2 aromatic rings. The van der Waals surface area contributed by atoms with Crippen molar-refractivity contribution in [2.75, 3.05) is 0 Å². The molecular formula is C9H9BrN4O2. The lowest BCUT2D eigenvalue weighted by atomic mass is 10.2. The average molecular weight is 285 g/mol. The summed E-state index contributed by atoms with van der Waals surface area (Å²) in [6.07, 6.45) is 1.58. The summed E-state index contributed by atoms with van der Waals surface area (Å²) in [6, 6.07) is 0. The van der Waals surface area contributed by atoms with Gasteiger partial charge in [0.05, 0.1) is 11.8 Å². The van der Waals surface area contributed by atoms with Gasteiger partial charge in [0.15, 0.2) is 0 Å². The molecule has 0 fully saturated rings. The van der Waals surface area contributed by atoms with Crippen molar-refractivity contribution >= 4 is 15.9 Å². The van der Waals surface area contributed by atoms with Crippen molar-refractivity contribution in [2.45, 2.75) is 6.92 Å². The molecule has 0 radical (unpaired) electrons. The predicted molar refractivity (Wildman–Crippen MR) is 61.2 cm³/mol. The number of halogens is 1. The summed E-state index contributed by atoms with van der Waals surface area (Å²) in [5, 5.41) is 13.5. The summed E-state index contributed by atoms with van der Waals surface area (Å²) in [5.74, 6) is -0.0293. The Morgan fingerprint density at radius 3 is 2.75 bits per heavy atom. The minimum absolute atomic E-state index is 0.0257. The van der Waals surface area contributed by atoms with Crippen molar-refractivity contribution in [3.8, 4) is 17.3 Å². The van der Waals surface area contributed by atoms with E-state index < -0.39 is 5.56 Å². The van der Waals surface area contributed by atoms with Crippen LogP contribution in [-0.2, 0) is 7.05 Å². The Kier molecular flexibility index (Phi) is 2.55. The molecule has 16 heavy (non-hydrogen) atoms. The molecule has 2 rings (SSSR count). The number of hydrogen-bond acceptors (Lipinski definition) is 4. The molecule has 0 saturated heterocycles. The van der Waals surface area contributed by atoms with E-state index in [9.17, 15) is 9.90 Å². The normalized spacial score (nSPS) is 10.7. The number of aromatic amines is 1. The van der Waals surface area contributed by atoms with E-state index in [0.717, 1.165) is 5.69 Å². The Morgan fingerprint density at radius 2 is 2.25 bits per heavy atom. The summed E-state index contributed by atoms with van der Waals surface area (Å²) in [7, 11) is 1.79. The molecule has 7 heteroatoms. The lowest BCUT2D eigenvalue weighted by Crippen LogP contribution is -2.10. The van der Waals surface area contributed by atoms with Crippen molar-refractivity contribution < 1.29 is 5.11 Å². The van der Waals surface area contributed by atoms with Gasteiger partial charge in [0.2, 0.25) is 5.88 Å². The van der Waals surface area contributed by atoms with Gasteiger partial charge in [0.1, 0.15) is 10.3 Å². The van der Waals surface area contributed by atoms with E-state index >= 15 is 0 Å². The fourth-order valence-electron chi connectivity index (χ4n) is 1.31. The molecule has 84 valence electrons. The van der Waals surface area contributed by atoms with Gasteiger partial charge < -0.3 is 10.1 Å². The molecule has 0 spiro atoms. The monoisotopic (exact) mass is 284 g/mol. The van der Waals surface area contributed by atoms with Gasteiger partial charge in [-0.25, -0.2) is 0 Å². The maximum atomic E-state index is 11.4. The number of aromatic hydroxyl groups is 1. The third-order valence-electron chi connectivity index (χ3n) is 2.34. The largest absolute Gasteiger partial charge is 0.492 e. The van der Waals surface area contributed by atoms with Crippen LogP contribution in [0.5, 0.6) is 5.88 Å². The zero-order chi connectivity index (χ0) is 11.9. The highest BCUT2D eigenvalue weighted by molar-refractivity contribution is 9.10. The van der Waals surface area contributed by atoms with E-state index in [1.807, 2.05) is 6.92 Å². The summed E-state index contributed by atoms with van der Waals surface area (Å²) in [4.78, 5) is 17.9. The quantitative estimate of drug-likeness (QED) is 0.817. The zero-order valence-corrected chi connectivity index (χ0v) is 10.2. The van der Waals surface area contributed by atoms with Crippen LogP contribution >= 0.6 is 15.9 Å². The van der Waals surface area contributed by atoms with Gasteiger partial charge in [0.25, 0.3) is 5.56 Å². The number of nitrogens with one attached hydrogen (secondary N) is 1. The number of nitrogens with zero attached hydrogens (tertiary/aromatic N) is 3. The van der Waals surface area contributed by atoms with Crippen molar-refractivity contribution in [2.24, 2.45) is 7.05 Å². The van der Waals surface area contributed by atoms with Crippen LogP contribution < -0.4 is 5.56 Å². The first-order chi connectivity index (χ1) is 7.50. The van der Waals surface area contributed by atoms with E-state index in [0.29, 0.717) is 11.4 Å². The second-order valence-corrected chi connectivity index (χ2v) is 4.11. The molecule has 2 heterocycles. The Labute approximate surface area is 99.1 Å². The van der Waals surface area contributed by atoms with Crippen LogP contribution in [0.1, 0.15) is 5.69 Å². The highest BCUT2D eigenvalue weighted by atomic mass is 79.9. The molecule has 0 saturated carbocycles. The number of hydrogen-bond donors (Lipinski definition) is 2. The fraction of sp³-hybridized carbons (Fsp3) is 0.222. The van der Waals surface area contributed by atoms with Gasteiger partial charge in [-0.05, 0) is 22.9 Å². The lowest BCUT2D eigenvalue weighted by Gasteiger charge is -2.01. The minimum Gasteiger partial charge on any atom is -0.492 e. The Bertz CT molecular complexity index is 602. The molecule has 0 amide bonds. The van der Waals surface area contributed by atoms with E-state index in [-0.39, 0.29) is 10.4 Å². The molecule has 0 atom stereocenters. The first kappa shape index (κ1) is 10.9. The van der Waals surface area contributed by atoms with Crippen LogP contribution in [0.3, 0.4) is 0 Å². The molecule has 0 aliphatic heterocycles. The molecule has 0 unspecified atom stereocenters. The van der Waals surface area contributed by atoms with Crippen LogP contribution in [0.15, 0.2) is 15.5 Å². The van der Waals surface area contributed by atoms with Gasteiger partial charge in [-0.15, -0.1) is 0 Å². The topological polar surface area (TPSA) is 83.8 Å². The van der Waals surface area contributed by atoms with Crippen LogP contribution in [0.25, 0.3) is 11.4 Å². The van der Waals surface area contributed by atoms with Gasteiger partial charge in [-0.2, -0.15) is 10.1 Å². The summed E-state index contributed by atoms with van der Waals surface area (Å²) in [5.41, 5.74) is 1.11. The first-order valence-corrected chi connectivity index (χ1v) is 5.27. The summed E-state index contributed by atoms with van der Waals surface area (Å²) in [6.45, 7) is 1.85. The average Bonchev–Trinajstić information content (AvgIpc) is 2.56. The van der Waals surface area contributed by atoms with Gasteiger partial charge in [-0.1, -0.05) is 0 Å². The van der Waals surface area contributed by atoms with Gasteiger partial charge >= 0.3 is 0 Å². The number of aryl methyl sites for hydroxylation is 1. The molecule has 0 aliphatic rings. The summed E-state index contributed by atoms with van der Waals surface area (Å²) >= 11 is 2.93. The van der Waals surface area contributed by atoms with Crippen LogP contribution in [-0.4, -0.2) is 24.9 Å². The standard InChI is InChI=1S/C9H9BrN4O2/c1-4-5(3-11-14(4)2)7-12-8(15)6(10)9(16)13-7/h3H,1-2H3,(H2,12,13,15,16). The third-order valence-corrected chi connectivity index (χ3v) is 3.05. The smallest absolute Gasteiger partial charge is 0.269 e. The highest BCUT2D eigenvalue weighted by Gasteiger charge is 2.13. The number of rotatable bonds is 1. The molecule has 6 nitrogen and oxygen atoms in total. The maximum absolute atomic E-state index is 11.4. The number of H-pyrrole nitrogens is 1. The highest BCUT2D eigenvalue weighted by Crippen LogP contribution is 2.22. The predicted octanol–water partition coefficient (Wildman–Crippen LogP) is 0.947. The van der Waals surface area contributed by atoms with Crippen molar-refractivity contribution in [3.63, 3.8) is 0 Å². The molecule has 2 aromatic heterocycles. The van der Waals surface area contributed by atoms with Crippen LogP contribution in [0.2, 0.25) is 0 Å². The Balaban J connectivity index is 2.66. The van der Waals surface area contributed by atoms with Gasteiger partial charge in [0, 0.05) is 12.7 Å². The molecular weight excluding hydrogens is 276 g/mol. The second-order valence-electron chi connectivity index (χ2n) is 3.32. The van der Waals surface area contributed by atoms with Crippen LogP contribution in [0, 0.1) is 6.92 Å².